The first-order valence-corrected chi connectivity index (χ1v) is 7.04. The van der Waals surface area contributed by atoms with Gasteiger partial charge in [0.2, 0.25) is 5.91 Å². The van der Waals surface area contributed by atoms with Crippen LogP contribution < -0.4 is 5.32 Å². The number of rotatable bonds is 6. The molecular weight excluding hydrogens is 262 g/mol. The molecule has 0 saturated heterocycles. The Morgan fingerprint density at radius 3 is 2.35 bits per heavy atom. The molecule has 0 aliphatic heterocycles. The molecule has 0 aromatic heterocycles. The number of methoxy groups -OCH3 is 1. The van der Waals surface area contributed by atoms with Crippen molar-refractivity contribution in [2.75, 3.05) is 7.11 Å². The number of hydrogen-bond acceptors (Lipinski definition) is 4. The number of hydrogen-bond donors (Lipinski definition) is 2. The van der Waals surface area contributed by atoms with Gasteiger partial charge in [0.25, 0.3) is 0 Å². The van der Waals surface area contributed by atoms with E-state index in [1.165, 1.54) is 7.11 Å². The van der Waals surface area contributed by atoms with Crippen LogP contribution in [0.15, 0.2) is 0 Å². The molecule has 0 spiro atoms. The van der Waals surface area contributed by atoms with Crippen molar-refractivity contribution in [2.45, 2.75) is 51.5 Å². The Morgan fingerprint density at radius 2 is 1.85 bits per heavy atom. The van der Waals surface area contributed by atoms with Gasteiger partial charge in [0, 0.05) is 12.3 Å². The van der Waals surface area contributed by atoms with E-state index in [1.54, 1.807) is 0 Å². The fraction of sp³-hybridized carbons (Fsp3) is 0.786. The first-order chi connectivity index (χ1) is 9.43. The monoisotopic (exact) mass is 285 g/mol. The van der Waals surface area contributed by atoms with E-state index in [4.69, 9.17) is 5.11 Å². The van der Waals surface area contributed by atoms with Crippen LogP contribution in [-0.4, -0.2) is 36.1 Å². The van der Waals surface area contributed by atoms with E-state index in [1.807, 2.05) is 0 Å². The molecule has 0 radical (unpaired) electrons. The maximum Gasteiger partial charge on any atom is 0.326 e. The summed E-state index contributed by atoms with van der Waals surface area (Å²) in [6.45, 7) is 2.16. The van der Waals surface area contributed by atoms with E-state index in [0.29, 0.717) is 5.92 Å². The number of carbonyl (C=O) groups excluding carboxylic acids is 2. The second-order valence-electron chi connectivity index (χ2n) is 5.47. The van der Waals surface area contributed by atoms with Gasteiger partial charge in [0.05, 0.1) is 7.11 Å². The zero-order valence-electron chi connectivity index (χ0n) is 12.1. The lowest BCUT2D eigenvalue weighted by atomic mass is 9.82. The van der Waals surface area contributed by atoms with Crippen molar-refractivity contribution in [3.05, 3.63) is 0 Å². The molecule has 0 aromatic carbocycles. The van der Waals surface area contributed by atoms with Gasteiger partial charge in [-0.2, -0.15) is 0 Å². The van der Waals surface area contributed by atoms with Crippen LogP contribution in [0.5, 0.6) is 0 Å². The molecule has 0 heterocycles. The van der Waals surface area contributed by atoms with Gasteiger partial charge in [-0.25, -0.2) is 4.79 Å². The minimum absolute atomic E-state index is 0.0184. The average Bonchev–Trinajstić information content (AvgIpc) is 2.43. The second-order valence-corrected chi connectivity index (χ2v) is 5.47. The fourth-order valence-electron chi connectivity index (χ4n) is 2.43. The molecule has 1 atom stereocenters. The van der Waals surface area contributed by atoms with Crippen LogP contribution in [0.3, 0.4) is 0 Å². The highest BCUT2D eigenvalue weighted by Gasteiger charge is 2.28. The Labute approximate surface area is 118 Å². The fourth-order valence-corrected chi connectivity index (χ4v) is 2.43. The third-order valence-corrected chi connectivity index (χ3v) is 3.87. The van der Waals surface area contributed by atoms with Crippen molar-refractivity contribution >= 4 is 17.8 Å². The summed E-state index contributed by atoms with van der Waals surface area (Å²) in [5.41, 5.74) is 0. The number of carboxylic acid groups (broad SMARTS) is 1. The van der Waals surface area contributed by atoms with Crippen LogP contribution in [0.4, 0.5) is 0 Å². The van der Waals surface area contributed by atoms with Gasteiger partial charge in [-0.15, -0.1) is 0 Å². The number of esters is 1. The summed E-state index contributed by atoms with van der Waals surface area (Å²) in [5.74, 6) is -1.28. The predicted molar refractivity (Wildman–Crippen MR) is 71.9 cm³/mol. The van der Waals surface area contributed by atoms with E-state index >= 15 is 0 Å². The van der Waals surface area contributed by atoms with Crippen molar-refractivity contribution in [3.8, 4) is 0 Å². The number of ether oxygens (including phenoxy) is 1. The highest BCUT2D eigenvalue weighted by molar-refractivity contribution is 5.85. The largest absolute Gasteiger partial charge is 0.480 e. The lowest BCUT2D eigenvalue weighted by Gasteiger charge is -2.26. The van der Waals surface area contributed by atoms with Crippen molar-refractivity contribution in [1.82, 2.24) is 5.32 Å². The summed E-state index contributed by atoms with van der Waals surface area (Å²) in [4.78, 5) is 34.2. The summed E-state index contributed by atoms with van der Waals surface area (Å²) in [6.07, 6.45) is 3.63. The first kappa shape index (κ1) is 16.5. The lowest BCUT2D eigenvalue weighted by Crippen LogP contribution is -2.44. The molecule has 0 aromatic rings. The third kappa shape index (κ3) is 5.19. The molecule has 20 heavy (non-hydrogen) atoms. The van der Waals surface area contributed by atoms with Crippen LogP contribution in [0, 0.1) is 11.8 Å². The smallest absolute Gasteiger partial charge is 0.326 e. The van der Waals surface area contributed by atoms with Gasteiger partial charge in [0.15, 0.2) is 0 Å². The Kier molecular flexibility index (Phi) is 6.48. The summed E-state index contributed by atoms with van der Waals surface area (Å²) in [7, 11) is 1.25. The minimum atomic E-state index is -1.12. The number of carbonyl (C=O) groups is 3. The number of amides is 1. The molecule has 0 bridgehead atoms. The highest BCUT2D eigenvalue weighted by Crippen LogP contribution is 2.28. The standard InChI is InChI=1S/C14H23NO5/c1-9-3-5-10(6-4-9)13(17)15-11(14(18)19)7-8-12(16)20-2/h9-11H,3-8H2,1-2H3,(H,15,17)(H,18,19)/t9?,10?,11-/m1/s1. The first-order valence-electron chi connectivity index (χ1n) is 7.04. The summed E-state index contributed by atoms with van der Waals surface area (Å²) < 4.78 is 4.47. The van der Waals surface area contributed by atoms with E-state index in [9.17, 15) is 14.4 Å². The zero-order chi connectivity index (χ0) is 15.1. The van der Waals surface area contributed by atoms with Crippen molar-refractivity contribution in [2.24, 2.45) is 11.8 Å². The molecule has 1 aliphatic rings. The molecule has 2 N–H and O–H groups in total. The van der Waals surface area contributed by atoms with Crippen LogP contribution in [0.2, 0.25) is 0 Å². The molecule has 6 nitrogen and oxygen atoms in total. The average molecular weight is 285 g/mol. The Morgan fingerprint density at radius 1 is 1.25 bits per heavy atom. The molecule has 1 saturated carbocycles. The van der Waals surface area contributed by atoms with E-state index in [-0.39, 0.29) is 24.7 Å². The molecule has 1 fully saturated rings. The molecule has 1 aliphatic carbocycles. The topological polar surface area (TPSA) is 92.7 Å². The SMILES string of the molecule is COC(=O)CC[C@@H](NC(=O)C1CCC(C)CC1)C(=O)O. The van der Waals surface area contributed by atoms with Crippen LogP contribution in [-0.2, 0) is 19.1 Å². The summed E-state index contributed by atoms with van der Waals surface area (Å²) in [5, 5.41) is 11.6. The number of nitrogens with one attached hydrogen (secondary N) is 1. The quantitative estimate of drug-likeness (QED) is 0.718. The molecular formula is C14H23NO5. The summed E-state index contributed by atoms with van der Waals surface area (Å²) in [6, 6.07) is -1.03. The summed E-state index contributed by atoms with van der Waals surface area (Å²) >= 11 is 0. The third-order valence-electron chi connectivity index (χ3n) is 3.87. The molecule has 1 rings (SSSR count). The van der Waals surface area contributed by atoms with Gasteiger partial charge in [0.1, 0.15) is 6.04 Å². The van der Waals surface area contributed by atoms with Crippen LogP contribution in [0.1, 0.15) is 45.4 Å². The molecule has 114 valence electrons. The van der Waals surface area contributed by atoms with Gasteiger partial charge in [-0.3, -0.25) is 9.59 Å². The molecule has 1 amide bonds. The second kappa shape index (κ2) is 7.87. The van der Waals surface area contributed by atoms with Gasteiger partial charge < -0.3 is 15.2 Å². The Bertz CT molecular complexity index is 361. The lowest BCUT2D eigenvalue weighted by molar-refractivity contribution is -0.144. The van der Waals surface area contributed by atoms with Crippen molar-refractivity contribution in [1.29, 1.82) is 0 Å². The molecule has 6 heteroatoms. The van der Waals surface area contributed by atoms with E-state index in [2.05, 4.69) is 17.0 Å². The Hall–Kier alpha value is -1.59. The Balaban J connectivity index is 2.46. The number of carboxylic acids is 1. The highest BCUT2D eigenvalue weighted by atomic mass is 16.5. The number of aliphatic carboxylic acids is 1. The van der Waals surface area contributed by atoms with Crippen molar-refractivity contribution < 1.29 is 24.2 Å². The van der Waals surface area contributed by atoms with Gasteiger partial charge in [-0.1, -0.05) is 6.92 Å². The maximum atomic E-state index is 12.0. The normalized spacial score (nSPS) is 23.7. The minimum Gasteiger partial charge on any atom is -0.480 e. The zero-order valence-corrected chi connectivity index (χ0v) is 12.1. The van der Waals surface area contributed by atoms with Crippen LogP contribution >= 0.6 is 0 Å². The van der Waals surface area contributed by atoms with Gasteiger partial charge in [-0.05, 0) is 38.0 Å². The van der Waals surface area contributed by atoms with Crippen molar-refractivity contribution in [3.63, 3.8) is 0 Å². The van der Waals surface area contributed by atoms with Gasteiger partial charge >= 0.3 is 11.9 Å². The van der Waals surface area contributed by atoms with E-state index < -0.39 is 18.0 Å². The van der Waals surface area contributed by atoms with Crippen LogP contribution in [0.25, 0.3) is 0 Å². The molecule has 0 unspecified atom stereocenters. The predicted octanol–water partition coefficient (Wildman–Crippen LogP) is 1.34. The van der Waals surface area contributed by atoms with E-state index in [0.717, 1.165) is 25.7 Å². The maximum absolute atomic E-state index is 12.0.